The highest BCUT2D eigenvalue weighted by molar-refractivity contribution is 7.20. The van der Waals surface area contributed by atoms with Gasteiger partial charge in [0.2, 0.25) is 10.1 Å². The van der Waals surface area contributed by atoms with Crippen LogP contribution in [0.4, 0.5) is 5.13 Å². The van der Waals surface area contributed by atoms with E-state index in [0.29, 0.717) is 4.96 Å². The lowest BCUT2D eigenvalue weighted by molar-refractivity contribution is 0.844. The zero-order valence-corrected chi connectivity index (χ0v) is 13.1. The predicted molar refractivity (Wildman–Crippen MR) is 83.0 cm³/mol. The molecule has 3 aromatic rings. The van der Waals surface area contributed by atoms with Gasteiger partial charge >= 0.3 is 0 Å². The molecule has 0 atom stereocenters. The first-order chi connectivity index (χ1) is 9.54. The molecule has 7 heteroatoms. The Kier molecular flexibility index (Phi) is 3.31. The number of hydrogen-bond donors (Lipinski definition) is 0. The summed E-state index contributed by atoms with van der Waals surface area (Å²) in [6, 6.07) is 3.61. The van der Waals surface area contributed by atoms with Crippen molar-refractivity contribution in [2.24, 2.45) is 0 Å². The minimum atomic E-state index is -0.129. The molecule has 0 radical (unpaired) electrons. The van der Waals surface area contributed by atoms with E-state index in [0.717, 1.165) is 17.4 Å². The summed E-state index contributed by atoms with van der Waals surface area (Å²) >= 11 is 3.17. The Morgan fingerprint density at radius 1 is 1.40 bits per heavy atom. The fourth-order valence-corrected chi connectivity index (χ4v) is 3.79. The molecular formula is C13H14N4OS2. The molecule has 3 aromatic heterocycles. The van der Waals surface area contributed by atoms with Crippen molar-refractivity contribution in [3.05, 3.63) is 44.0 Å². The average molecular weight is 306 g/mol. The molecule has 20 heavy (non-hydrogen) atoms. The first kappa shape index (κ1) is 13.3. The molecule has 0 amide bonds. The summed E-state index contributed by atoms with van der Waals surface area (Å²) in [6.07, 6.45) is 0. The van der Waals surface area contributed by atoms with Gasteiger partial charge in [-0.2, -0.15) is 4.52 Å². The maximum atomic E-state index is 11.9. The van der Waals surface area contributed by atoms with Crippen molar-refractivity contribution in [2.45, 2.75) is 20.4 Å². The van der Waals surface area contributed by atoms with Gasteiger partial charge in [0.1, 0.15) is 0 Å². The zero-order chi connectivity index (χ0) is 14.3. The molecule has 104 valence electrons. The molecule has 5 nitrogen and oxygen atoms in total. The van der Waals surface area contributed by atoms with Gasteiger partial charge in [0, 0.05) is 23.7 Å². The van der Waals surface area contributed by atoms with Crippen molar-refractivity contribution >= 4 is 32.8 Å². The third-order valence-electron chi connectivity index (χ3n) is 3.04. The third kappa shape index (κ3) is 2.34. The molecule has 0 aliphatic carbocycles. The Labute approximate surface area is 124 Å². The lowest BCUT2D eigenvalue weighted by Gasteiger charge is -2.14. The summed E-state index contributed by atoms with van der Waals surface area (Å²) in [4.78, 5) is 20.2. The van der Waals surface area contributed by atoms with Crippen LogP contribution in [0, 0.1) is 13.8 Å². The number of aryl methyl sites for hydroxylation is 2. The summed E-state index contributed by atoms with van der Waals surface area (Å²) in [5.74, 6) is 0. The lowest BCUT2D eigenvalue weighted by Crippen LogP contribution is -2.18. The van der Waals surface area contributed by atoms with Crippen LogP contribution in [0.25, 0.3) is 4.96 Å². The van der Waals surface area contributed by atoms with Crippen LogP contribution in [-0.2, 0) is 6.54 Å². The van der Waals surface area contributed by atoms with Gasteiger partial charge in [0.25, 0.3) is 5.56 Å². The van der Waals surface area contributed by atoms with Crippen molar-refractivity contribution in [2.75, 3.05) is 11.9 Å². The zero-order valence-electron chi connectivity index (χ0n) is 11.5. The average Bonchev–Trinajstić information content (AvgIpc) is 2.96. The van der Waals surface area contributed by atoms with Gasteiger partial charge in [0.05, 0.1) is 6.54 Å². The van der Waals surface area contributed by atoms with Gasteiger partial charge in [-0.25, -0.2) is 4.98 Å². The number of fused-ring (bicyclic) bond motifs is 1. The molecule has 0 saturated heterocycles. The second-order valence-electron chi connectivity index (χ2n) is 4.70. The minimum absolute atomic E-state index is 0.129. The number of rotatable bonds is 3. The number of aromatic nitrogens is 3. The normalized spacial score (nSPS) is 11.2. The molecule has 3 rings (SSSR count). The van der Waals surface area contributed by atoms with Crippen LogP contribution in [-0.4, -0.2) is 21.6 Å². The Hall–Kier alpha value is -1.73. The fraction of sp³-hybridized carbons (Fsp3) is 0.308. The van der Waals surface area contributed by atoms with Gasteiger partial charge in [-0.1, -0.05) is 11.3 Å². The van der Waals surface area contributed by atoms with Crippen LogP contribution in [0.3, 0.4) is 0 Å². The van der Waals surface area contributed by atoms with E-state index in [4.69, 9.17) is 0 Å². The highest BCUT2D eigenvalue weighted by Crippen LogP contribution is 2.24. The van der Waals surface area contributed by atoms with E-state index < -0.39 is 0 Å². The summed E-state index contributed by atoms with van der Waals surface area (Å²) in [7, 11) is 1.98. The maximum absolute atomic E-state index is 11.9. The van der Waals surface area contributed by atoms with Gasteiger partial charge < -0.3 is 4.90 Å². The lowest BCUT2D eigenvalue weighted by atomic mass is 10.3. The van der Waals surface area contributed by atoms with Crippen LogP contribution in [0.1, 0.15) is 16.1 Å². The summed E-state index contributed by atoms with van der Waals surface area (Å²) < 4.78 is 1.37. The van der Waals surface area contributed by atoms with Crippen LogP contribution < -0.4 is 10.5 Å². The van der Waals surface area contributed by atoms with Gasteiger partial charge in [-0.3, -0.25) is 4.79 Å². The Morgan fingerprint density at radius 2 is 2.20 bits per heavy atom. The van der Waals surface area contributed by atoms with E-state index in [9.17, 15) is 4.79 Å². The predicted octanol–water partition coefficient (Wildman–Crippen LogP) is 2.47. The van der Waals surface area contributed by atoms with Crippen molar-refractivity contribution < 1.29 is 0 Å². The van der Waals surface area contributed by atoms with Crippen molar-refractivity contribution in [1.29, 1.82) is 0 Å². The summed E-state index contributed by atoms with van der Waals surface area (Å²) in [5.41, 5.74) is 1.88. The van der Waals surface area contributed by atoms with Crippen LogP contribution in [0.2, 0.25) is 0 Å². The maximum Gasteiger partial charge on any atom is 0.275 e. The van der Waals surface area contributed by atoms with E-state index >= 15 is 0 Å². The fourth-order valence-electron chi connectivity index (χ4n) is 1.91. The number of thiophene rings is 1. The smallest absolute Gasteiger partial charge is 0.275 e. The topological polar surface area (TPSA) is 50.5 Å². The Morgan fingerprint density at radius 3 is 2.90 bits per heavy atom. The molecule has 0 bridgehead atoms. The van der Waals surface area contributed by atoms with E-state index in [-0.39, 0.29) is 5.56 Å². The van der Waals surface area contributed by atoms with Crippen LogP contribution in [0.15, 0.2) is 22.3 Å². The summed E-state index contributed by atoms with van der Waals surface area (Å²) in [6.45, 7) is 4.71. The molecule has 0 spiro atoms. The van der Waals surface area contributed by atoms with Gasteiger partial charge in [-0.15, -0.1) is 16.4 Å². The molecule has 0 aliphatic rings. The molecule has 0 aromatic carbocycles. The van der Waals surface area contributed by atoms with Gasteiger partial charge in [0.15, 0.2) is 0 Å². The Balaban J connectivity index is 1.96. The van der Waals surface area contributed by atoms with Crippen LogP contribution >= 0.6 is 22.7 Å². The largest absolute Gasteiger partial charge is 0.345 e. The van der Waals surface area contributed by atoms with Crippen LogP contribution in [0.5, 0.6) is 0 Å². The number of anilines is 1. The number of hydrogen-bond acceptors (Lipinski definition) is 6. The molecular weight excluding hydrogens is 292 g/mol. The monoisotopic (exact) mass is 306 g/mol. The third-order valence-corrected chi connectivity index (χ3v) is 5.07. The van der Waals surface area contributed by atoms with E-state index in [1.54, 1.807) is 11.3 Å². The second kappa shape index (κ2) is 4.99. The van der Waals surface area contributed by atoms with Crippen molar-refractivity contribution in [3.63, 3.8) is 0 Å². The Bertz CT molecular complexity index is 817. The molecule has 0 aliphatic heterocycles. The van der Waals surface area contributed by atoms with E-state index in [2.05, 4.69) is 28.5 Å². The first-order valence-electron chi connectivity index (χ1n) is 6.16. The van der Waals surface area contributed by atoms with Crippen molar-refractivity contribution in [1.82, 2.24) is 14.6 Å². The SMILES string of the molecule is Cc1cc(=O)n2nc(N(C)Cc3sccc3C)sc2n1. The second-order valence-corrected chi connectivity index (χ2v) is 6.63. The van der Waals surface area contributed by atoms with Crippen molar-refractivity contribution in [3.8, 4) is 0 Å². The highest BCUT2D eigenvalue weighted by atomic mass is 32.1. The minimum Gasteiger partial charge on any atom is -0.345 e. The van der Waals surface area contributed by atoms with E-state index in [1.807, 2.05) is 18.9 Å². The quantitative estimate of drug-likeness (QED) is 0.746. The van der Waals surface area contributed by atoms with E-state index in [1.165, 1.54) is 32.4 Å². The highest BCUT2D eigenvalue weighted by Gasteiger charge is 2.12. The van der Waals surface area contributed by atoms with Gasteiger partial charge in [-0.05, 0) is 30.9 Å². The molecule has 0 unspecified atom stereocenters. The molecule has 0 N–H and O–H groups in total. The standard InChI is InChI=1S/C13H14N4OS2/c1-8-4-5-19-10(8)7-16(3)13-15-17-11(18)6-9(2)14-12(17)20-13/h4-6H,7H2,1-3H3. The molecule has 0 fully saturated rings. The molecule has 3 heterocycles. The number of nitrogens with zero attached hydrogens (tertiary/aromatic N) is 4. The summed E-state index contributed by atoms with van der Waals surface area (Å²) in [5, 5.41) is 7.24. The molecule has 0 saturated carbocycles. The first-order valence-corrected chi connectivity index (χ1v) is 7.86.